The Kier molecular flexibility index (Phi) is 3.75. The SMILES string of the molecule is CNc1ccnc(C(=O)N(C)C2CCS(=O)(=O)C2)c1. The van der Waals surface area contributed by atoms with Crippen LogP contribution in [0.2, 0.25) is 0 Å². The van der Waals surface area contributed by atoms with Gasteiger partial charge >= 0.3 is 0 Å². The molecule has 19 heavy (non-hydrogen) atoms. The van der Waals surface area contributed by atoms with Gasteiger partial charge in [-0.1, -0.05) is 0 Å². The van der Waals surface area contributed by atoms with Crippen LogP contribution in [0.4, 0.5) is 5.69 Å². The summed E-state index contributed by atoms with van der Waals surface area (Å²) in [6.45, 7) is 0. The number of anilines is 1. The molecule has 1 unspecified atom stereocenters. The summed E-state index contributed by atoms with van der Waals surface area (Å²) < 4.78 is 22.9. The molecule has 104 valence electrons. The second-order valence-electron chi connectivity index (χ2n) is 4.65. The van der Waals surface area contributed by atoms with Gasteiger partial charge in [-0.2, -0.15) is 0 Å². The molecule has 1 aliphatic heterocycles. The van der Waals surface area contributed by atoms with Crippen molar-refractivity contribution in [2.75, 3.05) is 30.9 Å². The maximum Gasteiger partial charge on any atom is 0.272 e. The lowest BCUT2D eigenvalue weighted by Gasteiger charge is -2.23. The largest absolute Gasteiger partial charge is 0.388 e. The van der Waals surface area contributed by atoms with Gasteiger partial charge in [-0.15, -0.1) is 0 Å². The smallest absolute Gasteiger partial charge is 0.272 e. The van der Waals surface area contributed by atoms with Crippen LogP contribution in [0.1, 0.15) is 16.9 Å². The maximum absolute atomic E-state index is 12.3. The fourth-order valence-electron chi connectivity index (χ4n) is 2.13. The van der Waals surface area contributed by atoms with Crippen LogP contribution in [0, 0.1) is 0 Å². The molecule has 0 bridgehead atoms. The van der Waals surface area contributed by atoms with Crippen molar-refractivity contribution in [3.8, 4) is 0 Å². The third-order valence-corrected chi connectivity index (χ3v) is 5.09. The first-order chi connectivity index (χ1) is 8.93. The van der Waals surface area contributed by atoms with E-state index in [2.05, 4.69) is 10.3 Å². The molecule has 0 aliphatic carbocycles. The van der Waals surface area contributed by atoms with Crippen LogP contribution in [0.25, 0.3) is 0 Å². The summed E-state index contributed by atoms with van der Waals surface area (Å²) in [5.74, 6) is -0.0561. The van der Waals surface area contributed by atoms with Crippen molar-refractivity contribution in [2.45, 2.75) is 12.5 Å². The Morgan fingerprint density at radius 1 is 1.53 bits per heavy atom. The Balaban J connectivity index is 2.15. The number of hydrogen-bond donors (Lipinski definition) is 1. The number of nitrogens with zero attached hydrogens (tertiary/aromatic N) is 2. The van der Waals surface area contributed by atoms with Crippen molar-refractivity contribution < 1.29 is 13.2 Å². The van der Waals surface area contributed by atoms with E-state index in [-0.39, 0.29) is 23.5 Å². The fourth-order valence-corrected chi connectivity index (χ4v) is 3.90. The van der Waals surface area contributed by atoms with Crippen LogP contribution >= 0.6 is 0 Å². The minimum atomic E-state index is -3.00. The number of nitrogens with one attached hydrogen (secondary N) is 1. The Labute approximate surface area is 112 Å². The minimum absolute atomic E-state index is 0.0426. The number of sulfone groups is 1. The maximum atomic E-state index is 12.3. The van der Waals surface area contributed by atoms with Gasteiger partial charge in [-0.3, -0.25) is 9.78 Å². The van der Waals surface area contributed by atoms with Crippen LogP contribution < -0.4 is 5.32 Å². The quantitative estimate of drug-likeness (QED) is 0.867. The molecule has 0 radical (unpaired) electrons. The zero-order valence-corrected chi connectivity index (χ0v) is 11.8. The third kappa shape index (κ3) is 3.04. The molecule has 1 aromatic heterocycles. The second-order valence-corrected chi connectivity index (χ2v) is 6.88. The fraction of sp³-hybridized carbons (Fsp3) is 0.500. The summed E-state index contributed by atoms with van der Waals surface area (Å²) in [6, 6.07) is 3.16. The molecular formula is C12H17N3O3S. The van der Waals surface area contributed by atoms with Crippen molar-refractivity contribution in [1.29, 1.82) is 0 Å². The van der Waals surface area contributed by atoms with Crippen molar-refractivity contribution in [3.05, 3.63) is 24.0 Å². The predicted octanol–water partition coefficient (Wildman–Crippen LogP) is 0.382. The molecular weight excluding hydrogens is 266 g/mol. The Morgan fingerprint density at radius 3 is 2.84 bits per heavy atom. The number of pyridine rings is 1. The van der Waals surface area contributed by atoms with Gasteiger partial charge in [0.2, 0.25) is 0 Å². The van der Waals surface area contributed by atoms with Crippen molar-refractivity contribution >= 4 is 21.4 Å². The topological polar surface area (TPSA) is 79.4 Å². The van der Waals surface area contributed by atoms with E-state index in [1.54, 1.807) is 32.4 Å². The monoisotopic (exact) mass is 283 g/mol. The number of rotatable bonds is 3. The van der Waals surface area contributed by atoms with Crippen molar-refractivity contribution in [2.24, 2.45) is 0 Å². The minimum Gasteiger partial charge on any atom is -0.388 e. The first kappa shape index (κ1) is 13.8. The van der Waals surface area contributed by atoms with E-state index in [1.165, 1.54) is 4.90 Å². The summed E-state index contributed by atoms with van der Waals surface area (Å²) in [4.78, 5) is 17.8. The lowest BCUT2D eigenvalue weighted by Crippen LogP contribution is -2.38. The molecule has 1 atom stereocenters. The molecule has 0 spiro atoms. The summed E-state index contributed by atoms with van der Waals surface area (Å²) in [5, 5.41) is 2.94. The highest BCUT2D eigenvalue weighted by Crippen LogP contribution is 2.18. The highest BCUT2D eigenvalue weighted by atomic mass is 32.2. The van der Waals surface area contributed by atoms with Crippen LogP contribution in [-0.2, 0) is 9.84 Å². The van der Waals surface area contributed by atoms with Crippen LogP contribution in [-0.4, -0.2) is 55.9 Å². The highest BCUT2D eigenvalue weighted by molar-refractivity contribution is 7.91. The molecule has 0 saturated carbocycles. The zero-order valence-electron chi connectivity index (χ0n) is 11.0. The first-order valence-electron chi connectivity index (χ1n) is 6.04. The molecule has 6 nitrogen and oxygen atoms in total. The van der Waals surface area contributed by atoms with Crippen LogP contribution in [0.5, 0.6) is 0 Å². The third-order valence-electron chi connectivity index (χ3n) is 3.34. The molecule has 1 saturated heterocycles. The molecule has 0 aromatic carbocycles. The Bertz CT molecular complexity index is 586. The summed E-state index contributed by atoms with van der Waals surface area (Å²) in [6.07, 6.45) is 2.05. The molecule has 7 heteroatoms. The van der Waals surface area contributed by atoms with E-state index >= 15 is 0 Å². The van der Waals surface area contributed by atoms with E-state index in [1.807, 2.05) is 0 Å². The van der Waals surface area contributed by atoms with Gasteiger partial charge in [0.25, 0.3) is 5.91 Å². The highest BCUT2D eigenvalue weighted by Gasteiger charge is 2.33. The van der Waals surface area contributed by atoms with Crippen LogP contribution in [0.3, 0.4) is 0 Å². The summed E-state index contributed by atoms with van der Waals surface area (Å²) >= 11 is 0. The summed E-state index contributed by atoms with van der Waals surface area (Å²) in [7, 11) is 0.392. The van der Waals surface area contributed by atoms with Gasteiger partial charge < -0.3 is 10.2 Å². The van der Waals surface area contributed by atoms with Crippen LogP contribution in [0.15, 0.2) is 18.3 Å². The number of carbonyl (C=O) groups is 1. The van der Waals surface area contributed by atoms with Gasteiger partial charge in [-0.05, 0) is 18.6 Å². The van der Waals surface area contributed by atoms with Gasteiger partial charge in [-0.25, -0.2) is 8.42 Å². The summed E-state index contributed by atoms with van der Waals surface area (Å²) in [5.41, 5.74) is 1.12. The number of hydrogen-bond acceptors (Lipinski definition) is 5. The molecule has 2 heterocycles. The molecule has 1 fully saturated rings. The lowest BCUT2D eigenvalue weighted by atomic mass is 10.2. The second kappa shape index (κ2) is 5.16. The standard InChI is InChI=1S/C12H17N3O3S/c1-13-9-3-5-14-11(7-9)12(16)15(2)10-4-6-19(17,18)8-10/h3,5,7,10H,4,6,8H2,1-2H3,(H,13,14). The van der Waals surface area contributed by atoms with Gasteiger partial charge in [0.1, 0.15) is 5.69 Å². The van der Waals surface area contributed by atoms with E-state index in [4.69, 9.17) is 0 Å². The number of carbonyl (C=O) groups excluding carboxylic acids is 1. The average Bonchev–Trinajstić information content (AvgIpc) is 2.77. The van der Waals surface area contributed by atoms with Gasteiger partial charge in [0.05, 0.1) is 11.5 Å². The van der Waals surface area contributed by atoms with E-state index in [9.17, 15) is 13.2 Å². The predicted molar refractivity (Wildman–Crippen MR) is 72.9 cm³/mol. The molecule has 2 rings (SSSR count). The molecule has 1 aromatic rings. The zero-order chi connectivity index (χ0) is 14.0. The Morgan fingerprint density at radius 2 is 2.26 bits per heavy atom. The molecule has 1 aliphatic rings. The van der Waals surface area contributed by atoms with Gasteiger partial charge in [0.15, 0.2) is 9.84 Å². The van der Waals surface area contributed by atoms with E-state index in [0.717, 1.165) is 5.69 Å². The molecule has 1 amide bonds. The van der Waals surface area contributed by atoms with E-state index in [0.29, 0.717) is 12.1 Å². The number of aromatic nitrogens is 1. The lowest BCUT2D eigenvalue weighted by molar-refractivity contribution is 0.0742. The van der Waals surface area contributed by atoms with Crippen molar-refractivity contribution in [1.82, 2.24) is 9.88 Å². The van der Waals surface area contributed by atoms with Crippen molar-refractivity contribution in [3.63, 3.8) is 0 Å². The number of amides is 1. The first-order valence-corrected chi connectivity index (χ1v) is 7.86. The normalized spacial score (nSPS) is 21.1. The van der Waals surface area contributed by atoms with E-state index < -0.39 is 9.84 Å². The van der Waals surface area contributed by atoms with Gasteiger partial charge in [0, 0.05) is 32.0 Å². The Hall–Kier alpha value is -1.63. The molecule has 1 N–H and O–H groups in total. The average molecular weight is 283 g/mol.